The van der Waals surface area contributed by atoms with E-state index in [1.54, 1.807) is 12.1 Å². The second-order valence-corrected chi connectivity index (χ2v) is 5.76. The van der Waals surface area contributed by atoms with Gasteiger partial charge in [0.2, 0.25) is 0 Å². The van der Waals surface area contributed by atoms with Gasteiger partial charge in [0.05, 0.1) is 7.11 Å². The molecule has 1 aromatic rings. The standard InChI is InChI=1S/C15H25FN2O/c1-15(2,17)8-10-18(3)9-7-12-5-6-14(19-4)13(16)11-12/h5-6,11H,7-10,17H2,1-4H3. The monoisotopic (exact) mass is 268 g/mol. The molecule has 2 N–H and O–H groups in total. The third kappa shape index (κ3) is 6.03. The van der Waals surface area contributed by atoms with E-state index in [1.807, 2.05) is 19.9 Å². The quantitative estimate of drug-likeness (QED) is 0.825. The van der Waals surface area contributed by atoms with Crippen LogP contribution in [0.4, 0.5) is 4.39 Å². The minimum atomic E-state index is -0.300. The zero-order chi connectivity index (χ0) is 14.5. The molecule has 0 aliphatic rings. The van der Waals surface area contributed by atoms with Gasteiger partial charge in [-0.15, -0.1) is 0 Å². The van der Waals surface area contributed by atoms with E-state index in [1.165, 1.54) is 7.11 Å². The predicted molar refractivity (Wildman–Crippen MR) is 77.0 cm³/mol. The van der Waals surface area contributed by atoms with Crippen molar-refractivity contribution in [3.05, 3.63) is 29.6 Å². The van der Waals surface area contributed by atoms with Crippen LogP contribution in [0.2, 0.25) is 0 Å². The summed E-state index contributed by atoms with van der Waals surface area (Å²) >= 11 is 0. The predicted octanol–water partition coefficient (Wildman–Crippen LogP) is 2.44. The normalized spacial score (nSPS) is 11.9. The molecule has 3 nitrogen and oxygen atoms in total. The molecule has 0 bridgehead atoms. The minimum absolute atomic E-state index is 0.138. The number of halogens is 1. The van der Waals surface area contributed by atoms with Crippen LogP contribution in [0.1, 0.15) is 25.8 Å². The van der Waals surface area contributed by atoms with Crippen molar-refractivity contribution in [1.29, 1.82) is 0 Å². The summed E-state index contributed by atoms with van der Waals surface area (Å²) in [7, 11) is 3.53. The van der Waals surface area contributed by atoms with Gasteiger partial charge in [-0.3, -0.25) is 0 Å². The minimum Gasteiger partial charge on any atom is -0.494 e. The number of ether oxygens (including phenoxy) is 1. The molecular formula is C15H25FN2O. The first-order chi connectivity index (χ1) is 8.81. The molecule has 0 aliphatic heterocycles. The van der Waals surface area contributed by atoms with E-state index in [0.29, 0.717) is 5.75 Å². The van der Waals surface area contributed by atoms with Crippen LogP contribution in [0, 0.1) is 5.82 Å². The molecule has 1 rings (SSSR count). The van der Waals surface area contributed by atoms with Gasteiger partial charge in [0.1, 0.15) is 0 Å². The van der Waals surface area contributed by atoms with Crippen LogP contribution in [-0.4, -0.2) is 37.7 Å². The lowest BCUT2D eigenvalue weighted by atomic mass is 10.0. The summed E-state index contributed by atoms with van der Waals surface area (Å²) in [6.45, 7) is 5.89. The van der Waals surface area contributed by atoms with Gasteiger partial charge in [0, 0.05) is 12.1 Å². The average Bonchev–Trinajstić information content (AvgIpc) is 2.33. The van der Waals surface area contributed by atoms with E-state index >= 15 is 0 Å². The smallest absolute Gasteiger partial charge is 0.165 e. The fourth-order valence-electron chi connectivity index (χ4n) is 1.78. The van der Waals surface area contributed by atoms with Crippen LogP contribution in [-0.2, 0) is 6.42 Å². The summed E-state index contributed by atoms with van der Waals surface area (Å²) < 4.78 is 18.4. The molecule has 1 aromatic carbocycles. The molecule has 0 saturated carbocycles. The maximum atomic E-state index is 13.5. The molecule has 0 spiro atoms. The molecule has 0 unspecified atom stereocenters. The highest BCUT2D eigenvalue weighted by molar-refractivity contribution is 5.29. The van der Waals surface area contributed by atoms with Gasteiger partial charge in [0.25, 0.3) is 0 Å². The van der Waals surface area contributed by atoms with E-state index in [4.69, 9.17) is 10.5 Å². The van der Waals surface area contributed by atoms with Crippen molar-refractivity contribution in [2.24, 2.45) is 5.73 Å². The summed E-state index contributed by atoms with van der Waals surface area (Å²) in [5.74, 6) is -0.00673. The first kappa shape index (κ1) is 15.9. The Hall–Kier alpha value is -1.13. The highest BCUT2D eigenvalue weighted by atomic mass is 19.1. The molecule has 0 amide bonds. The highest BCUT2D eigenvalue weighted by Crippen LogP contribution is 2.18. The van der Waals surface area contributed by atoms with Crippen molar-refractivity contribution < 1.29 is 9.13 Å². The molecule has 0 fully saturated rings. The maximum Gasteiger partial charge on any atom is 0.165 e. The largest absolute Gasteiger partial charge is 0.494 e. The molecular weight excluding hydrogens is 243 g/mol. The second kappa shape index (κ2) is 6.87. The SMILES string of the molecule is COc1ccc(CCN(C)CCC(C)(C)N)cc1F. The Bertz CT molecular complexity index is 402. The van der Waals surface area contributed by atoms with Gasteiger partial charge in [-0.2, -0.15) is 0 Å². The third-order valence-electron chi connectivity index (χ3n) is 3.14. The van der Waals surface area contributed by atoms with Crippen LogP contribution in [0.3, 0.4) is 0 Å². The van der Waals surface area contributed by atoms with Gasteiger partial charge >= 0.3 is 0 Å². The molecule has 108 valence electrons. The Labute approximate surface area is 115 Å². The summed E-state index contributed by atoms with van der Waals surface area (Å²) in [4.78, 5) is 2.22. The van der Waals surface area contributed by atoms with Crippen LogP contribution in [0.25, 0.3) is 0 Å². The topological polar surface area (TPSA) is 38.5 Å². The first-order valence-corrected chi connectivity index (χ1v) is 6.61. The van der Waals surface area contributed by atoms with Crippen molar-refractivity contribution in [1.82, 2.24) is 4.90 Å². The molecule has 0 aromatic heterocycles. The van der Waals surface area contributed by atoms with Crippen LogP contribution < -0.4 is 10.5 Å². The van der Waals surface area contributed by atoms with Gasteiger partial charge in [-0.05, 0) is 58.0 Å². The van der Waals surface area contributed by atoms with Gasteiger partial charge in [-0.1, -0.05) is 6.07 Å². The number of methoxy groups -OCH3 is 1. The Morgan fingerprint density at radius 2 is 2.00 bits per heavy atom. The van der Waals surface area contributed by atoms with Crippen molar-refractivity contribution in [2.75, 3.05) is 27.2 Å². The molecule has 0 heterocycles. The lowest BCUT2D eigenvalue weighted by Crippen LogP contribution is -2.36. The van der Waals surface area contributed by atoms with E-state index in [-0.39, 0.29) is 11.4 Å². The van der Waals surface area contributed by atoms with E-state index in [0.717, 1.165) is 31.5 Å². The molecule has 0 radical (unpaired) electrons. The number of rotatable bonds is 7. The summed E-state index contributed by atoms with van der Waals surface area (Å²) in [5, 5.41) is 0. The van der Waals surface area contributed by atoms with Crippen LogP contribution in [0.5, 0.6) is 5.75 Å². The van der Waals surface area contributed by atoms with Crippen molar-refractivity contribution in [3.8, 4) is 5.75 Å². The summed E-state index contributed by atoms with van der Waals surface area (Å²) in [6, 6.07) is 5.12. The van der Waals surface area contributed by atoms with Crippen molar-refractivity contribution in [3.63, 3.8) is 0 Å². The number of hydrogen-bond donors (Lipinski definition) is 1. The first-order valence-electron chi connectivity index (χ1n) is 6.61. The lowest BCUT2D eigenvalue weighted by molar-refractivity contribution is 0.298. The third-order valence-corrected chi connectivity index (χ3v) is 3.14. The van der Waals surface area contributed by atoms with E-state index in [2.05, 4.69) is 11.9 Å². The van der Waals surface area contributed by atoms with Crippen LogP contribution in [0.15, 0.2) is 18.2 Å². The van der Waals surface area contributed by atoms with Crippen LogP contribution >= 0.6 is 0 Å². The van der Waals surface area contributed by atoms with E-state index < -0.39 is 0 Å². The summed E-state index contributed by atoms with van der Waals surface area (Å²) in [6.07, 6.45) is 1.77. The maximum absolute atomic E-state index is 13.5. The average molecular weight is 268 g/mol. The van der Waals surface area contributed by atoms with Gasteiger partial charge in [0.15, 0.2) is 11.6 Å². The Kier molecular flexibility index (Phi) is 5.76. The van der Waals surface area contributed by atoms with Gasteiger partial charge in [-0.25, -0.2) is 4.39 Å². The fourth-order valence-corrected chi connectivity index (χ4v) is 1.78. The Balaban J connectivity index is 2.42. The molecule has 0 saturated heterocycles. The zero-order valence-corrected chi connectivity index (χ0v) is 12.4. The molecule has 0 atom stereocenters. The molecule has 19 heavy (non-hydrogen) atoms. The molecule has 0 aliphatic carbocycles. The van der Waals surface area contributed by atoms with E-state index in [9.17, 15) is 4.39 Å². The summed E-state index contributed by atoms with van der Waals surface area (Å²) in [5.41, 5.74) is 6.80. The number of nitrogens with zero attached hydrogens (tertiary/aromatic N) is 1. The number of hydrogen-bond acceptors (Lipinski definition) is 3. The lowest BCUT2D eigenvalue weighted by Gasteiger charge is -2.23. The second-order valence-electron chi connectivity index (χ2n) is 5.76. The van der Waals surface area contributed by atoms with Gasteiger partial charge < -0.3 is 15.4 Å². The Morgan fingerprint density at radius 1 is 1.32 bits per heavy atom. The highest BCUT2D eigenvalue weighted by Gasteiger charge is 2.11. The molecule has 4 heteroatoms. The number of nitrogens with two attached hydrogens (primary N) is 1. The fraction of sp³-hybridized carbons (Fsp3) is 0.600. The van der Waals surface area contributed by atoms with Crippen molar-refractivity contribution in [2.45, 2.75) is 32.2 Å². The number of likely N-dealkylation sites (N-methyl/N-ethyl adjacent to an activating group) is 1. The Morgan fingerprint density at radius 3 is 2.53 bits per heavy atom. The zero-order valence-electron chi connectivity index (χ0n) is 12.4. The number of benzene rings is 1. The van der Waals surface area contributed by atoms with Crippen molar-refractivity contribution >= 4 is 0 Å².